The van der Waals surface area contributed by atoms with E-state index < -0.39 is 5.54 Å². The van der Waals surface area contributed by atoms with Crippen LogP contribution in [0.3, 0.4) is 0 Å². The van der Waals surface area contributed by atoms with Crippen molar-refractivity contribution in [1.29, 1.82) is 5.26 Å². The Balaban J connectivity index is 2.07. The van der Waals surface area contributed by atoms with E-state index in [4.69, 9.17) is 5.26 Å². The summed E-state index contributed by atoms with van der Waals surface area (Å²) in [5.74, 6) is 0.00797. The van der Waals surface area contributed by atoms with Crippen molar-refractivity contribution in [1.82, 2.24) is 25.1 Å². The summed E-state index contributed by atoms with van der Waals surface area (Å²) in [5, 5.41) is 21.1. The fourth-order valence-corrected chi connectivity index (χ4v) is 2.41. The first kappa shape index (κ1) is 16.0. The molecule has 0 saturated carbocycles. The van der Waals surface area contributed by atoms with Gasteiger partial charge in [0.05, 0.1) is 17.5 Å². The molecule has 0 spiro atoms. The number of benzene rings is 1. The summed E-state index contributed by atoms with van der Waals surface area (Å²) in [5.41, 5.74) is -0.0173. The molecule has 114 valence electrons. The molecule has 2 aromatic rings. The Morgan fingerprint density at radius 1 is 1.41 bits per heavy atom. The van der Waals surface area contributed by atoms with E-state index in [2.05, 4.69) is 21.6 Å². The zero-order valence-corrected chi connectivity index (χ0v) is 13.4. The Labute approximate surface area is 132 Å². The van der Waals surface area contributed by atoms with Crippen LogP contribution in [-0.4, -0.2) is 49.4 Å². The van der Waals surface area contributed by atoms with E-state index >= 15 is 0 Å². The molecule has 1 aromatic heterocycles. The van der Waals surface area contributed by atoms with Gasteiger partial charge in [-0.25, -0.2) is 0 Å². The van der Waals surface area contributed by atoms with Crippen LogP contribution in [0.4, 0.5) is 0 Å². The maximum Gasteiger partial charge on any atom is 0.234 e. The quantitative estimate of drug-likeness (QED) is 0.777. The van der Waals surface area contributed by atoms with Gasteiger partial charge in [-0.1, -0.05) is 30.0 Å². The Kier molecular flexibility index (Phi) is 4.78. The normalized spacial score (nSPS) is 11.0. The van der Waals surface area contributed by atoms with Crippen molar-refractivity contribution < 1.29 is 4.79 Å². The van der Waals surface area contributed by atoms with Crippen LogP contribution in [-0.2, 0) is 4.79 Å². The van der Waals surface area contributed by atoms with Crippen molar-refractivity contribution in [2.24, 2.45) is 0 Å². The Morgan fingerprint density at radius 2 is 2.09 bits per heavy atom. The van der Waals surface area contributed by atoms with Crippen LogP contribution in [0.5, 0.6) is 0 Å². The Bertz CT molecular complexity index is 691. The monoisotopic (exact) mass is 316 g/mol. The van der Waals surface area contributed by atoms with Crippen molar-refractivity contribution in [2.45, 2.75) is 24.5 Å². The first-order valence-electron chi connectivity index (χ1n) is 6.60. The van der Waals surface area contributed by atoms with E-state index in [1.807, 2.05) is 30.3 Å². The molecule has 0 fully saturated rings. The van der Waals surface area contributed by atoms with Gasteiger partial charge >= 0.3 is 0 Å². The molecule has 0 bridgehead atoms. The topological polar surface area (TPSA) is 87.7 Å². The third kappa shape index (κ3) is 3.43. The number of hydrogen-bond acceptors (Lipinski definition) is 6. The van der Waals surface area contributed by atoms with Crippen LogP contribution in [0.25, 0.3) is 5.69 Å². The highest BCUT2D eigenvalue weighted by Gasteiger charge is 2.27. The number of aromatic nitrogens is 4. The fourth-order valence-electron chi connectivity index (χ4n) is 1.61. The number of nitrogens with zero attached hydrogens (tertiary/aromatic N) is 6. The summed E-state index contributed by atoms with van der Waals surface area (Å²) in [6, 6.07) is 11.6. The van der Waals surface area contributed by atoms with Gasteiger partial charge in [0.15, 0.2) is 0 Å². The van der Waals surface area contributed by atoms with Crippen LogP contribution < -0.4 is 0 Å². The van der Waals surface area contributed by atoms with Gasteiger partial charge in [-0.2, -0.15) is 9.94 Å². The van der Waals surface area contributed by atoms with Gasteiger partial charge in [0.2, 0.25) is 11.1 Å². The van der Waals surface area contributed by atoms with Crippen LogP contribution >= 0.6 is 11.8 Å². The van der Waals surface area contributed by atoms with Crippen molar-refractivity contribution in [3.05, 3.63) is 30.3 Å². The Hall–Kier alpha value is -2.40. The molecule has 0 radical (unpaired) electrons. The van der Waals surface area contributed by atoms with Crippen molar-refractivity contribution in [2.75, 3.05) is 12.8 Å². The van der Waals surface area contributed by atoms with Gasteiger partial charge in [0.1, 0.15) is 5.54 Å². The van der Waals surface area contributed by atoms with Crippen molar-refractivity contribution >= 4 is 17.7 Å². The molecular formula is C14H16N6OS. The van der Waals surface area contributed by atoms with Crippen molar-refractivity contribution in [3.8, 4) is 11.8 Å². The average molecular weight is 316 g/mol. The molecule has 0 aliphatic rings. The molecule has 7 nitrogen and oxygen atoms in total. The minimum absolute atomic E-state index is 0.154. The number of tetrazole rings is 1. The summed E-state index contributed by atoms with van der Waals surface area (Å²) in [6.45, 7) is 3.40. The molecule has 22 heavy (non-hydrogen) atoms. The van der Waals surface area contributed by atoms with Crippen molar-refractivity contribution in [3.63, 3.8) is 0 Å². The fraction of sp³-hybridized carbons (Fsp3) is 0.357. The van der Waals surface area contributed by atoms with E-state index in [0.29, 0.717) is 5.16 Å². The number of amides is 1. The number of hydrogen-bond donors (Lipinski definition) is 0. The number of thioether (sulfide) groups is 1. The summed E-state index contributed by atoms with van der Waals surface area (Å²) in [4.78, 5) is 13.6. The molecule has 1 amide bonds. The molecule has 1 heterocycles. The molecule has 0 aliphatic carbocycles. The summed E-state index contributed by atoms with van der Waals surface area (Å²) in [7, 11) is 1.62. The minimum atomic E-state index is -0.844. The van der Waals surface area contributed by atoms with Gasteiger partial charge in [-0.15, -0.1) is 5.10 Å². The SMILES string of the molecule is CN(C(=O)CSc1nnnn1-c1ccccc1)C(C)(C)C#N. The molecule has 0 aliphatic heterocycles. The summed E-state index contributed by atoms with van der Waals surface area (Å²) >= 11 is 1.24. The van der Waals surface area contributed by atoms with Crippen LogP contribution in [0.1, 0.15) is 13.8 Å². The first-order valence-corrected chi connectivity index (χ1v) is 7.59. The predicted octanol–water partition coefficient (Wildman–Crippen LogP) is 1.51. The van der Waals surface area contributed by atoms with Gasteiger partial charge in [-0.3, -0.25) is 4.79 Å². The molecule has 0 atom stereocenters. The van der Waals surface area contributed by atoms with E-state index in [9.17, 15) is 4.79 Å². The first-order chi connectivity index (χ1) is 10.5. The second kappa shape index (κ2) is 6.58. The molecule has 0 unspecified atom stereocenters. The van der Waals surface area contributed by atoms with Gasteiger partial charge in [0, 0.05) is 7.05 Å². The highest BCUT2D eigenvalue weighted by molar-refractivity contribution is 7.99. The predicted molar refractivity (Wildman–Crippen MR) is 82.3 cm³/mol. The maximum absolute atomic E-state index is 12.2. The van der Waals surface area contributed by atoms with Gasteiger partial charge < -0.3 is 4.90 Å². The lowest BCUT2D eigenvalue weighted by molar-refractivity contribution is -0.130. The molecule has 1 aromatic carbocycles. The maximum atomic E-state index is 12.2. The number of rotatable bonds is 5. The minimum Gasteiger partial charge on any atom is -0.327 e. The lowest BCUT2D eigenvalue weighted by Crippen LogP contribution is -2.44. The lowest BCUT2D eigenvalue weighted by atomic mass is 10.1. The highest BCUT2D eigenvalue weighted by atomic mass is 32.2. The largest absolute Gasteiger partial charge is 0.327 e. The van der Waals surface area contributed by atoms with E-state index in [1.54, 1.807) is 25.6 Å². The molecular weight excluding hydrogens is 300 g/mol. The van der Waals surface area contributed by atoms with Crippen LogP contribution in [0, 0.1) is 11.3 Å². The molecule has 0 saturated heterocycles. The highest BCUT2D eigenvalue weighted by Crippen LogP contribution is 2.20. The smallest absolute Gasteiger partial charge is 0.234 e. The van der Waals surface area contributed by atoms with Crippen LogP contribution in [0.2, 0.25) is 0 Å². The molecule has 0 N–H and O–H groups in total. The zero-order valence-electron chi connectivity index (χ0n) is 12.6. The summed E-state index contributed by atoms with van der Waals surface area (Å²) in [6.07, 6.45) is 0. The Morgan fingerprint density at radius 3 is 2.73 bits per heavy atom. The van der Waals surface area contributed by atoms with Gasteiger partial charge in [0.25, 0.3) is 0 Å². The van der Waals surface area contributed by atoms with Gasteiger partial charge in [-0.05, 0) is 36.4 Å². The van der Waals surface area contributed by atoms with E-state index in [1.165, 1.54) is 16.7 Å². The third-order valence-corrected chi connectivity index (χ3v) is 4.16. The second-order valence-electron chi connectivity index (χ2n) is 5.12. The van der Waals surface area contributed by atoms with Crippen LogP contribution in [0.15, 0.2) is 35.5 Å². The zero-order chi connectivity index (χ0) is 16.2. The van der Waals surface area contributed by atoms with E-state index in [-0.39, 0.29) is 11.7 Å². The lowest BCUT2D eigenvalue weighted by Gasteiger charge is -2.28. The third-order valence-electron chi connectivity index (χ3n) is 3.25. The van der Waals surface area contributed by atoms with E-state index in [0.717, 1.165) is 5.69 Å². The number of nitriles is 1. The standard InChI is InChI=1S/C14H16N6OS/c1-14(2,10-15)19(3)12(21)9-22-13-16-17-18-20(13)11-7-5-4-6-8-11/h4-8H,9H2,1-3H3. The number of carbonyl (C=O) groups excluding carboxylic acids is 1. The molecule has 8 heteroatoms. The number of carbonyl (C=O) groups is 1. The number of para-hydroxylation sites is 1. The second-order valence-corrected chi connectivity index (χ2v) is 6.06. The summed E-state index contributed by atoms with van der Waals surface area (Å²) < 4.78 is 1.58. The average Bonchev–Trinajstić information content (AvgIpc) is 3.01. The molecule has 2 rings (SSSR count).